The number of anilines is 1. The van der Waals surface area contributed by atoms with Crippen molar-refractivity contribution >= 4 is 17.2 Å². The Hall–Kier alpha value is -2.96. The van der Waals surface area contributed by atoms with Crippen molar-refractivity contribution in [2.24, 2.45) is 13.0 Å². The van der Waals surface area contributed by atoms with E-state index in [0.29, 0.717) is 17.3 Å². The van der Waals surface area contributed by atoms with Crippen LogP contribution in [0.2, 0.25) is 0 Å². The Morgan fingerprint density at radius 2 is 2.12 bits per heavy atom. The summed E-state index contributed by atoms with van der Waals surface area (Å²) in [5.41, 5.74) is 1.60. The normalized spacial score (nSPS) is 11.2. The average molecular weight is 325 g/mol. The van der Waals surface area contributed by atoms with Gasteiger partial charge in [-0.25, -0.2) is 4.98 Å². The lowest BCUT2D eigenvalue weighted by Gasteiger charge is -2.06. The summed E-state index contributed by atoms with van der Waals surface area (Å²) in [6.07, 6.45) is 3.79. The Labute approximate surface area is 139 Å². The molecular formula is C17H19N5O2. The minimum absolute atomic E-state index is 0.135. The lowest BCUT2D eigenvalue weighted by molar-refractivity contribution is 0.101. The molecule has 0 spiro atoms. The van der Waals surface area contributed by atoms with Gasteiger partial charge in [-0.05, 0) is 30.5 Å². The molecule has 124 valence electrons. The number of hydrogen-bond acceptors (Lipinski definition) is 4. The van der Waals surface area contributed by atoms with Gasteiger partial charge in [0.15, 0.2) is 0 Å². The van der Waals surface area contributed by atoms with Gasteiger partial charge in [0.2, 0.25) is 0 Å². The standard InChI is InChI=1S/C17H19N5O2/c1-11(2)8-12-9-14(21(3)20-12)16(23)19-13-10-18-15-6-4-5-7-22(15)17(13)24/h4-7,9-11H,8H2,1-3H3,(H,19,23). The number of nitrogens with zero attached hydrogens (tertiary/aromatic N) is 4. The highest BCUT2D eigenvalue weighted by Crippen LogP contribution is 2.11. The number of nitrogens with one attached hydrogen (secondary N) is 1. The summed E-state index contributed by atoms with van der Waals surface area (Å²) in [5.74, 6) is 0.0694. The minimum Gasteiger partial charge on any atom is -0.315 e. The van der Waals surface area contributed by atoms with Crippen LogP contribution in [0.3, 0.4) is 0 Å². The molecule has 0 aromatic carbocycles. The van der Waals surface area contributed by atoms with E-state index in [-0.39, 0.29) is 17.2 Å². The van der Waals surface area contributed by atoms with Crippen LogP contribution < -0.4 is 10.9 Å². The third-order valence-corrected chi connectivity index (χ3v) is 3.64. The van der Waals surface area contributed by atoms with Crippen molar-refractivity contribution in [1.29, 1.82) is 0 Å². The van der Waals surface area contributed by atoms with Gasteiger partial charge in [-0.3, -0.25) is 18.7 Å². The molecular weight excluding hydrogens is 306 g/mol. The number of carbonyl (C=O) groups excluding carboxylic acids is 1. The van der Waals surface area contributed by atoms with Crippen molar-refractivity contribution in [2.75, 3.05) is 5.32 Å². The summed E-state index contributed by atoms with van der Waals surface area (Å²) in [4.78, 5) is 29.1. The zero-order valence-electron chi connectivity index (χ0n) is 13.9. The van der Waals surface area contributed by atoms with Crippen LogP contribution in [-0.2, 0) is 13.5 Å². The number of rotatable bonds is 4. The molecule has 3 aromatic heterocycles. The molecule has 0 saturated heterocycles. The Balaban J connectivity index is 1.89. The third kappa shape index (κ3) is 3.05. The second-order valence-electron chi connectivity index (χ2n) is 6.10. The highest BCUT2D eigenvalue weighted by Gasteiger charge is 2.16. The predicted molar refractivity (Wildman–Crippen MR) is 91.2 cm³/mol. The maximum Gasteiger partial charge on any atom is 0.281 e. The molecule has 1 N–H and O–H groups in total. The number of aryl methyl sites for hydroxylation is 1. The van der Waals surface area contributed by atoms with Gasteiger partial charge in [-0.1, -0.05) is 19.9 Å². The van der Waals surface area contributed by atoms with Gasteiger partial charge < -0.3 is 5.32 Å². The SMILES string of the molecule is CC(C)Cc1cc(C(=O)Nc2cnc3ccccn3c2=O)n(C)n1. The zero-order valence-corrected chi connectivity index (χ0v) is 13.9. The van der Waals surface area contributed by atoms with E-state index >= 15 is 0 Å². The number of hydrogen-bond donors (Lipinski definition) is 1. The van der Waals surface area contributed by atoms with Crippen LogP contribution in [-0.4, -0.2) is 25.1 Å². The van der Waals surface area contributed by atoms with Gasteiger partial charge in [0.05, 0.1) is 11.9 Å². The Morgan fingerprint density at radius 1 is 1.33 bits per heavy atom. The molecule has 0 aliphatic rings. The fourth-order valence-corrected chi connectivity index (χ4v) is 2.56. The van der Waals surface area contributed by atoms with Crippen LogP contribution in [0.4, 0.5) is 5.69 Å². The zero-order chi connectivity index (χ0) is 17.3. The van der Waals surface area contributed by atoms with Gasteiger partial charge in [0, 0.05) is 13.2 Å². The first-order valence-corrected chi connectivity index (χ1v) is 7.76. The summed E-state index contributed by atoms with van der Waals surface area (Å²) in [6, 6.07) is 7.01. The van der Waals surface area contributed by atoms with Crippen LogP contribution in [0.15, 0.2) is 41.5 Å². The number of pyridine rings is 1. The molecule has 7 heteroatoms. The molecule has 7 nitrogen and oxygen atoms in total. The van der Waals surface area contributed by atoms with Crippen LogP contribution in [0.1, 0.15) is 30.0 Å². The van der Waals surface area contributed by atoms with Crippen molar-refractivity contribution in [1.82, 2.24) is 19.2 Å². The van der Waals surface area contributed by atoms with Crippen molar-refractivity contribution in [3.63, 3.8) is 0 Å². The second kappa shape index (κ2) is 6.27. The van der Waals surface area contributed by atoms with Crippen molar-refractivity contribution in [3.8, 4) is 0 Å². The van der Waals surface area contributed by atoms with Crippen molar-refractivity contribution in [3.05, 3.63) is 58.4 Å². The topological polar surface area (TPSA) is 81.3 Å². The van der Waals surface area contributed by atoms with Crippen LogP contribution >= 0.6 is 0 Å². The third-order valence-electron chi connectivity index (χ3n) is 3.64. The van der Waals surface area contributed by atoms with E-state index in [1.165, 1.54) is 15.3 Å². The Morgan fingerprint density at radius 3 is 2.88 bits per heavy atom. The summed E-state index contributed by atoms with van der Waals surface area (Å²) >= 11 is 0. The average Bonchev–Trinajstić information content (AvgIpc) is 2.90. The van der Waals surface area contributed by atoms with E-state index < -0.39 is 0 Å². The highest BCUT2D eigenvalue weighted by atomic mass is 16.2. The number of amides is 1. The molecule has 0 radical (unpaired) electrons. The molecule has 0 unspecified atom stereocenters. The van der Waals surface area contributed by atoms with E-state index in [9.17, 15) is 9.59 Å². The largest absolute Gasteiger partial charge is 0.315 e. The molecule has 0 saturated carbocycles. The highest BCUT2D eigenvalue weighted by molar-refractivity contribution is 6.03. The predicted octanol–water partition coefficient (Wildman–Crippen LogP) is 1.88. The molecule has 0 fully saturated rings. The van der Waals surface area contributed by atoms with Gasteiger partial charge in [-0.2, -0.15) is 5.10 Å². The molecule has 0 aliphatic heterocycles. The molecule has 0 atom stereocenters. The van der Waals surface area contributed by atoms with Gasteiger partial charge in [-0.15, -0.1) is 0 Å². The first kappa shape index (κ1) is 15.9. The van der Waals surface area contributed by atoms with Crippen LogP contribution in [0.25, 0.3) is 5.65 Å². The molecule has 0 aliphatic carbocycles. The maximum atomic E-state index is 12.5. The van der Waals surface area contributed by atoms with E-state index in [0.717, 1.165) is 12.1 Å². The molecule has 3 aromatic rings. The lowest BCUT2D eigenvalue weighted by Crippen LogP contribution is -2.24. The summed E-state index contributed by atoms with van der Waals surface area (Å²) in [5, 5.41) is 6.97. The lowest BCUT2D eigenvalue weighted by atomic mass is 10.1. The summed E-state index contributed by atoms with van der Waals surface area (Å²) < 4.78 is 2.92. The number of carbonyl (C=O) groups is 1. The van der Waals surface area contributed by atoms with Gasteiger partial charge in [0.25, 0.3) is 11.5 Å². The van der Waals surface area contributed by atoms with Gasteiger partial charge in [0.1, 0.15) is 17.0 Å². The van der Waals surface area contributed by atoms with E-state index in [1.807, 2.05) is 0 Å². The maximum absolute atomic E-state index is 12.5. The molecule has 24 heavy (non-hydrogen) atoms. The molecule has 0 bridgehead atoms. The minimum atomic E-state index is -0.380. The Bertz CT molecular complexity index is 955. The van der Waals surface area contributed by atoms with E-state index in [4.69, 9.17) is 0 Å². The van der Waals surface area contributed by atoms with Crippen molar-refractivity contribution < 1.29 is 4.79 Å². The van der Waals surface area contributed by atoms with Crippen LogP contribution in [0, 0.1) is 5.92 Å². The van der Waals surface area contributed by atoms with Gasteiger partial charge >= 0.3 is 0 Å². The first-order valence-electron chi connectivity index (χ1n) is 7.76. The van der Waals surface area contributed by atoms with E-state index in [2.05, 4.69) is 29.2 Å². The fraction of sp³-hybridized carbons (Fsp3) is 0.294. The quantitative estimate of drug-likeness (QED) is 0.794. The van der Waals surface area contributed by atoms with E-state index in [1.54, 1.807) is 37.5 Å². The Kier molecular flexibility index (Phi) is 4.16. The van der Waals surface area contributed by atoms with Crippen LogP contribution in [0.5, 0.6) is 0 Å². The smallest absolute Gasteiger partial charge is 0.281 e. The number of aromatic nitrogens is 4. The fourth-order valence-electron chi connectivity index (χ4n) is 2.56. The molecule has 3 rings (SSSR count). The molecule has 3 heterocycles. The first-order chi connectivity index (χ1) is 11.5. The number of fused-ring (bicyclic) bond motifs is 1. The summed E-state index contributed by atoms with van der Waals surface area (Å²) in [6.45, 7) is 4.19. The summed E-state index contributed by atoms with van der Waals surface area (Å²) in [7, 11) is 1.71. The molecule has 1 amide bonds. The second-order valence-corrected chi connectivity index (χ2v) is 6.10. The monoisotopic (exact) mass is 325 g/mol. The van der Waals surface area contributed by atoms with Crippen molar-refractivity contribution in [2.45, 2.75) is 20.3 Å².